The minimum Gasteiger partial charge on any atom is -0.465 e. The van der Waals surface area contributed by atoms with Crippen LogP contribution in [-0.4, -0.2) is 30.2 Å². The van der Waals surface area contributed by atoms with Gasteiger partial charge in [0.1, 0.15) is 5.25 Å². The molecule has 1 heterocycles. The van der Waals surface area contributed by atoms with Crippen molar-refractivity contribution < 1.29 is 14.6 Å². The molecule has 1 aliphatic heterocycles. The van der Waals surface area contributed by atoms with Gasteiger partial charge in [0.2, 0.25) is 0 Å². The molecule has 63 valence electrons. The number of carbonyl (C=O) groups is 1. The molecule has 0 amide bonds. The number of ether oxygens (including phenoxy) is 1. The van der Waals surface area contributed by atoms with Crippen LogP contribution in [0.15, 0.2) is 0 Å². The predicted octanol–water partition coefficient (Wildman–Crippen LogP) is 0.856. The fraction of sp³-hybridized carbons (Fsp3) is 0.857. The van der Waals surface area contributed by atoms with Crippen molar-refractivity contribution in [3.8, 4) is 0 Å². The van der Waals surface area contributed by atoms with Gasteiger partial charge in [0, 0.05) is 6.42 Å². The lowest BCUT2D eigenvalue weighted by molar-refractivity contribution is -0.137. The standard InChI is InChI=1S/C7H11O3S/c8-3-1-5-11-6-2-4-10-7(6)9/h6H,1-5H2/t6-/m0/s1. The van der Waals surface area contributed by atoms with E-state index in [0.29, 0.717) is 13.0 Å². The van der Waals surface area contributed by atoms with Crippen LogP contribution in [0, 0.1) is 0 Å². The van der Waals surface area contributed by atoms with Crippen molar-refractivity contribution in [1.82, 2.24) is 0 Å². The van der Waals surface area contributed by atoms with Crippen LogP contribution in [0.2, 0.25) is 0 Å². The van der Waals surface area contributed by atoms with E-state index in [9.17, 15) is 9.90 Å². The fourth-order valence-electron chi connectivity index (χ4n) is 0.913. The first-order chi connectivity index (χ1) is 5.34. The molecule has 1 atom stereocenters. The van der Waals surface area contributed by atoms with E-state index < -0.39 is 0 Å². The van der Waals surface area contributed by atoms with Crippen LogP contribution in [0.3, 0.4) is 0 Å². The van der Waals surface area contributed by atoms with E-state index in [2.05, 4.69) is 0 Å². The summed E-state index contributed by atoms with van der Waals surface area (Å²) in [5.74, 6) is 0.671. The zero-order valence-electron chi connectivity index (χ0n) is 6.25. The van der Waals surface area contributed by atoms with E-state index in [1.807, 2.05) is 0 Å². The third-order valence-corrected chi connectivity index (χ3v) is 2.85. The fourth-order valence-corrected chi connectivity index (χ4v) is 1.95. The maximum Gasteiger partial charge on any atom is 0.319 e. The van der Waals surface area contributed by atoms with Gasteiger partial charge in [-0.2, -0.15) is 0 Å². The van der Waals surface area contributed by atoms with Gasteiger partial charge in [-0.3, -0.25) is 4.79 Å². The third-order valence-electron chi connectivity index (χ3n) is 1.49. The summed E-state index contributed by atoms with van der Waals surface area (Å²) in [7, 11) is 0. The molecular weight excluding hydrogens is 164 g/mol. The summed E-state index contributed by atoms with van der Waals surface area (Å²) in [6.07, 6.45) is 1.46. The second-order valence-corrected chi connectivity index (χ2v) is 3.68. The van der Waals surface area contributed by atoms with Gasteiger partial charge < -0.3 is 4.74 Å². The minimum atomic E-state index is -0.110. The number of carbonyl (C=O) groups excluding carboxylic acids is 1. The van der Waals surface area contributed by atoms with E-state index >= 15 is 0 Å². The molecule has 0 saturated carbocycles. The molecular formula is C7H11O3S. The number of hydrogen-bond donors (Lipinski definition) is 0. The quantitative estimate of drug-likeness (QED) is 0.470. The summed E-state index contributed by atoms with van der Waals surface area (Å²) < 4.78 is 4.76. The SMILES string of the molecule is [O]CCCS[C@H]1CCOC1=O. The predicted molar refractivity (Wildman–Crippen MR) is 42.0 cm³/mol. The van der Waals surface area contributed by atoms with Crippen LogP contribution in [0.1, 0.15) is 12.8 Å². The van der Waals surface area contributed by atoms with E-state index in [0.717, 1.165) is 12.2 Å². The highest BCUT2D eigenvalue weighted by Gasteiger charge is 2.26. The molecule has 0 bridgehead atoms. The molecule has 1 fully saturated rings. The maximum atomic E-state index is 10.8. The Hall–Kier alpha value is -0.220. The molecule has 1 rings (SSSR count). The summed E-state index contributed by atoms with van der Waals surface area (Å²) in [6.45, 7) is 0.503. The molecule has 0 N–H and O–H groups in total. The van der Waals surface area contributed by atoms with Crippen LogP contribution in [-0.2, 0) is 14.6 Å². The monoisotopic (exact) mass is 175 g/mol. The van der Waals surface area contributed by atoms with Crippen molar-refractivity contribution in [1.29, 1.82) is 0 Å². The van der Waals surface area contributed by atoms with Gasteiger partial charge >= 0.3 is 5.97 Å². The molecule has 0 spiro atoms. The Morgan fingerprint density at radius 1 is 1.64 bits per heavy atom. The number of hydrogen-bond acceptors (Lipinski definition) is 3. The molecule has 1 aliphatic rings. The van der Waals surface area contributed by atoms with Gasteiger partial charge in [-0.1, -0.05) is 0 Å². The van der Waals surface area contributed by atoms with Crippen molar-refractivity contribution in [2.24, 2.45) is 0 Å². The van der Waals surface area contributed by atoms with Crippen LogP contribution in [0.4, 0.5) is 0 Å². The Labute approximate surface area is 70.1 Å². The van der Waals surface area contributed by atoms with Gasteiger partial charge in [-0.05, 0) is 12.2 Å². The first-order valence-corrected chi connectivity index (χ1v) is 4.76. The molecule has 1 saturated heterocycles. The Morgan fingerprint density at radius 3 is 3.00 bits per heavy atom. The van der Waals surface area contributed by atoms with Crippen LogP contribution in [0.5, 0.6) is 0 Å². The van der Waals surface area contributed by atoms with Crippen LogP contribution >= 0.6 is 11.8 Å². The number of thioether (sulfide) groups is 1. The first kappa shape index (κ1) is 8.87. The van der Waals surface area contributed by atoms with Crippen molar-refractivity contribution in [3.05, 3.63) is 0 Å². The Morgan fingerprint density at radius 2 is 2.45 bits per heavy atom. The lowest BCUT2D eigenvalue weighted by Crippen LogP contribution is -2.10. The molecule has 3 nitrogen and oxygen atoms in total. The molecule has 0 unspecified atom stereocenters. The lowest BCUT2D eigenvalue weighted by Gasteiger charge is -2.02. The summed E-state index contributed by atoms with van der Waals surface area (Å²) in [4.78, 5) is 10.8. The topological polar surface area (TPSA) is 46.2 Å². The Kier molecular flexibility index (Phi) is 3.72. The molecule has 1 radical (unpaired) electrons. The maximum absolute atomic E-state index is 10.8. The highest BCUT2D eigenvalue weighted by molar-refractivity contribution is 8.00. The Bertz CT molecular complexity index is 138. The van der Waals surface area contributed by atoms with Gasteiger partial charge in [0.25, 0.3) is 0 Å². The second-order valence-electron chi connectivity index (χ2n) is 2.37. The average molecular weight is 175 g/mol. The number of esters is 1. The zero-order chi connectivity index (χ0) is 8.10. The lowest BCUT2D eigenvalue weighted by atomic mass is 10.4. The van der Waals surface area contributed by atoms with E-state index in [1.54, 1.807) is 11.8 Å². The van der Waals surface area contributed by atoms with E-state index in [-0.39, 0.29) is 17.8 Å². The normalized spacial score (nSPS) is 23.7. The van der Waals surface area contributed by atoms with Gasteiger partial charge in [-0.25, -0.2) is 5.11 Å². The van der Waals surface area contributed by atoms with E-state index in [4.69, 9.17) is 4.74 Å². The van der Waals surface area contributed by atoms with Crippen molar-refractivity contribution in [2.45, 2.75) is 18.1 Å². The summed E-state index contributed by atoms with van der Waals surface area (Å²) in [6, 6.07) is 0. The van der Waals surface area contributed by atoms with Crippen molar-refractivity contribution >= 4 is 17.7 Å². The zero-order valence-corrected chi connectivity index (χ0v) is 7.06. The van der Waals surface area contributed by atoms with Crippen LogP contribution in [0.25, 0.3) is 0 Å². The average Bonchev–Trinajstić information content (AvgIpc) is 2.37. The highest BCUT2D eigenvalue weighted by Crippen LogP contribution is 2.21. The largest absolute Gasteiger partial charge is 0.465 e. The number of rotatable bonds is 4. The molecule has 11 heavy (non-hydrogen) atoms. The first-order valence-electron chi connectivity index (χ1n) is 3.71. The summed E-state index contributed by atoms with van der Waals surface area (Å²) >= 11 is 1.54. The molecule has 0 aromatic carbocycles. The second kappa shape index (κ2) is 4.62. The Balaban J connectivity index is 2.10. The molecule has 0 aromatic rings. The minimum absolute atomic E-state index is 0.00144. The summed E-state index contributed by atoms with van der Waals surface area (Å²) in [5.41, 5.74) is 0. The third kappa shape index (κ3) is 2.71. The summed E-state index contributed by atoms with van der Waals surface area (Å²) in [5, 5.41) is 10.1. The molecule has 0 aliphatic carbocycles. The van der Waals surface area contributed by atoms with E-state index in [1.165, 1.54) is 0 Å². The smallest absolute Gasteiger partial charge is 0.319 e. The van der Waals surface area contributed by atoms with Gasteiger partial charge in [-0.15, -0.1) is 11.8 Å². The molecule has 4 heteroatoms. The number of cyclic esters (lactones) is 1. The van der Waals surface area contributed by atoms with Gasteiger partial charge in [0.05, 0.1) is 13.2 Å². The van der Waals surface area contributed by atoms with Crippen molar-refractivity contribution in [3.63, 3.8) is 0 Å². The highest BCUT2D eigenvalue weighted by atomic mass is 32.2. The van der Waals surface area contributed by atoms with Gasteiger partial charge in [0.15, 0.2) is 0 Å². The molecule has 0 aromatic heterocycles. The van der Waals surface area contributed by atoms with Crippen LogP contribution < -0.4 is 0 Å². The van der Waals surface area contributed by atoms with Crippen molar-refractivity contribution in [2.75, 3.05) is 19.0 Å².